The van der Waals surface area contributed by atoms with Gasteiger partial charge < -0.3 is 5.32 Å². The third-order valence-corrected chi connectivity index (χ3v) is 2.98. The van der Waals surface area contributed by atoms with Crippen LogP contribution in [-0.2, 0) is 6.42 Å². The van der Waals surface area contributed by atoms with Crippen molar-refractivity contribution >= 4 is 27.5 Å². The van der Waals surface area contributed by atoms with Crippen LogP contribution in [0.3, 0.4) is 0 Å². The predicted octanol–water partition coefficient (Wildman–Crippen LogP) is 3.66. The highest BCUT2D eigenvalue weighted by atomic mass is 79.9. The number of nitrogens with one attached hydrogen (secondary N) is 1. The Bertz CT molecular complexity index is 569. The second-order valence-electron chi connectivity index (χ2n) is 3.85. The molecular weight excluding hydrogens is 292 g/mol. The lowest BCUT2D eigenvalue weighted by atomic mass is 10.1. The molecule has 1 amide bonds. The molecule has 0 atom stereocenters. The highest BCUT2D eigenvalue weighted by Gasteiger charge is 2.07. The largest absolute Gasteiger partial charge is 0.321 e. The molecule has 0 fully saturated rings. The summed E-state index contributed by atoms with van der Waals surface area (Å²) in [4.78, 5) is 16.1. The Balaban J connectivity index is 2.16. The lowest BCUT2D eigenvalue weighted by Gasteiger charge is -2.06. The van der Waals surface area contributed by atoms with E-state index in [2.05, 4.69) is 33.2 Å². The standard InChI is InChI=1S/C14H13BrN2O/c1-2-10-5-3-6-11(9-10)16-14(18)12-7-4-8-13(15)17-12/h3-9H,2H2,1H3,(H,16,18). The molecule has 1 N–H and O–H groups in total. The van der Waals surface area contributed by atoms with E-state index in [0.29, 0.717) is 10.3 Å². The fourth-order valence-corrected chi connectivity index (χ4v) is 1.94. The van der Waals surface area contributed by atoms with E-state index in [-0.39, 0.29) is 5.91 Å². The lowest BCUT2D eigenvalue weighted by Crippen LogP contribution is -2.13. The van der Waals surface area contributed by atoms with Crippen LogP contribution in [0.2, 0.25) is 0 Å². The number of aryl methyl sites for hydroxylation is 1. The van der Waals surface area contributed by atoms with Gasteiger partial charge in [-0.25, -0.2) is 4.98 Å². The minimum Gasteiger partial charge on any atom is -0.321 e. The maximum absolute atomic E-state index is 12.0. The van der Waals surface area contributed by atoms with Gasteiger partial charge in [0.25, 0.3) is 5.91 Å². The van der Waals surface area contributed by atoms with Crippen LogP contribution in [0.1, 0.15) is 23.0 Å². The van der Waals surface area contributed by atoms with E-state index >= 15 is 0 Å². The quantitative estimate of drug-likeness (QED) is 0.879. The van der Waals surface area contributed by atoms with Gasteiger partial charge in [0.15, 0.2) is 0 Å². The monoisotopic (exact) mass is 304 g/mol. The molecule has 3 nitrogen and oxygen atoms in total. The van der Waals surface area contributed by atoms with Crippen LogP contribution >= 0.6 is 15.9 Å². The molecule has 1 aromatic heterocycles. The summed E-state index contributed by atoms with van der Waals surface area (Å²) in [7, 11) is 0. The molecule has 0 aliphatic carbocycles. The highest BCUT2D eigenvalue weighted by Crippen LogP contribution is 2.13. The molecule has 0 saturated carbocycles. The Labute approximate surface area is 114 Å². The van der Waals surface area contributed by atoms with Gasteiger partial charge in [-0.05, 0) is 52.2 Å². The number of pyridine rings is 1. The van der Waals surface area contributed by atoms with Crippen molar-refractivity contribution in [3.63, 3.8) is 0 Å². The second kappa shape index (κ2) is 5.78. The molecule has 0 saturated heterocycles. The summed E-state index contributed by atoms with van der Waals surface area (Å²) in [6, 6.07) is 13.1. The molecular formula is C14H13BrN2O. The van der Waals surface area contributed by atoms with Crippen LogP contribution in [0.5, 0.6) is 0 Å². The Morgan fingerprint density at radius 1 is 1.28 bits per heavy atom. The number of amides is 1. The number of carbonyl (C=O) groups excluding carboxylic acids is 1. The first-order valence-electron chi connectivity index (χ1n) is 5.72. The molecule has 1 aromatic carbocycles. The number of benzene rings is 1. The van der Waals surface area contributed by atoms with Crippen molar-refractivity contribution < 1.29 is 4.79 Å². The van der Waals surface area contributed by atoms with E-state index in [4.69, 9.17) is 0 Å². The Morgan fingerprint density at radius 3 is 2.78 bits per heavy atom. The van der Waals surface area contributed by atoms with Crippen LogP contribution in [0.4, 0.5) is 5.69 Å². The number of carbonyl (C=O) groups is 1. The normalized spacial score (nSPS) is 10.1. The smallest absolute Gasteiger partial charge is 0.274 e. The minimum absolute atomic E-state index is 0.204. The Hall–Kier alpha value is -1.68. The van der Waals surface area contributed by atoms with Gasteiger partial charge in [-0.15, -0.1) is 0 Å². The molecule has 4 heteroatoms. The van der Waals surface area contributed by atoms with Crippen molar-refractivity contribution in [3.05, 3.63) is 58.3 Å². The fourth-order valence-electron chi connectivity index (χ4n) is 1.60. The number of hydrogen-bond donors (Lipinski definition) is 1. The van der Waals surface area contributed by atoms with E-state index in [1.54, 1.807) is 18.2 Å². The van der Waals surface area contributed by atoms with Crippen molar-refractivity contribution in [2.45, 2.75) is 13.3 Å². The summed E-state index contributed by atoms with van der Waals surface area (Å²) in [5, 5.41) is 2.84. The molecule has 2 aromatic rings. The summed E-state index contributed by atoms with van der Waals surface area (Å²) >= 11 is 3.25. The summed E-state index contributed by atoms with van der Waals surface area (Å²) in [5.41, 5.74) is 2.38. The first-order chi connectivity index (χ1) is 8.69. The molecule has 0 aliphatic heterocycles. The molecule has 0 bridgehead atoms. The van der Waals surface area contributed by atoms with Gasteiger partial charge in [0.05, 0.1) is 0 Å². The summed E-state index contributed by atoms with van der Waals surface area (Å²) in [6.07, 6.45) is 0.943. The molecule has 2 rings (SSSR count). The lowest BCUT2D eigenvalue weighted by molar-refractivity contribution is 0.102. The van der Waals surface area contributed by atoms with Gasteiger partial charge in [0.2, 0.25) is 0 Å². The first-order valence-corrected chi connectivity index (χ1v) is 6.51. The molecule has 0 unspecified atom stereocenters. The van der Waals surface area contributed by atoms with Crippen molar-refractivity contribution in [1.82, 2.24) is 4.98 Å². The van der Waals surface area contributed by atoms with Gasteiger partial charge in [-0.2, -0.15) is 0 Å². The molecule has 0 spiro atoms. The Morgan fingerprint density at radius 2 is 2.06 bits per heavy atom. The molecule has 18 heavy (non-hydrogen) atoms. The summed E-state index contributed by atoms with van der Waals surface area (Å²) in [5.74, 6) is -0.204. The van der Waals surface area contributed by atoms with Crippen LogP contribution in [0.15, 0.2) is 47.1 Å². The third-order valence-electron chi connectivity index (χ3n) is 2.54. The van der Waals surface area contributed by atoms with Crippen LogP contribution < -0.4 is 5.32 Å². The van der Waals surface area contributed by atoms with Crippen LogP contribution in [0.25, 0.3) is 0 Å². The summed E-state index contributed by atoms with van der Waals surface area (Å²) in [6.45, 7) is 2.08. The van der Waals surface area contributed by atoms with E-state index in [1.165, 1.54) is 5.56 Å². The minimum atomic E-state index is -0.204. The zero-order chi connectivity index (χ0) is 13.0. The van der Waals surface area contributed by atoms with Gasteiger partial charge in [0.1, 0.15) is 10.3 Å². The SMILES string of the molecule is CCc1cccc(NC(=O)c2cccc(Br)n2)c1. The predicted molar refractivity (Wildman–Crippen MR) is 75.7 cm³/mol. The first kappa shape index (κ1) is 12.8. The summed E-state index contributed by atoms with van der Waals surface area (Å²) < 4.78 is 0.650. The van der Waals surface area contributed by atoms with E-state index < -0.39 is 0 Å². The zero-order valence-electron chi connectivity index (χ0n) is 9.98. The van der Waals surface area contributed by atoms with Crippen LogP contribution in [-0.4, -0.2) is 10.9 Å². The number of aromatic nitrogens is 1. The van der Waals surface area contributed by atoms with Gasteiger partial charge in [-0.1, -0.05) is 25.1 Å². The van der Waals surface area contributed by atoms with Crippen molar-refractivity contribution in [1.29, 1.82) is 0 Å². The number of halogens is 1. The van der Waals surface area contributed by atoms with Crippen molar-refractivity contribution in [3.8, 4) is 0 Å². The number of hydrogen-bond acceptors (Lipinski definition) is 2. The third kappa shape index (κ3) is 3.17. The average Bonchev–Trinajstić information content (AvgIpc) is 2.39. The average molecular weight is 305 g/mol. The number of anilines is 1. The maximum Gasteiger partial charge on any atom is 0.274 e. The highest BCUT2D eigenvalue weighted by molar-refractivity contribution is 9.10. The molecule has 0 aliphatic rings. The van der Waals surface area contributed by atoms with Crippen molar-refractivity contribution in [2.75, 3.05) is 5.32 Å². The Kier molecular flexibility index (Phi) is 4.10. The number of nitrogens with zero attached hydrogens (tertiary/aromatic N) is 1. The number of rotatable bonds is 3. The van der Waals surface area contributed by atoms with Crippen LogP contribution in [0, 0.1) is 0 Å². The van der Waals surface area contributed by atoms with Gasteiger partial charge >= 0.3 is 0 Å². The second-order valence-corrected chi connectivity index (χ2v) is 4.67. The zero-order valence-corrected chi connectivity index (χ0v) is 11.6. The fraction of sp³-hybridized carbons (Fsp3) is 0.143. The molecule has 0 radical (unpaired) electrons. The van der Waals surface area contributed by atoms with Gasteiger partial charge in [0, 0.05) is 5.69 Å². The van der Waals surface area contributed by atoms with Gasteiger partial charge in [-0.3, -0.25) is 4.79 Å². The molecule has 92 valence electrons. The maximum atomic E-state index is 12.0. The van der Waals surface area contributed by atoms with E-state index in [9.17, 15) is 4.79 Å². The van der Waals surface area contributed by atoms with Crippen molar-refractivity contribution in [2.24, 2.45) is 0 Å². The van der Waals surface area contributed by atoms with E-state index in [0.717, 1.165) is 12.1 Å². The van der Waals surface area contributed by atoms with E-state index in [1.807, 2.05) is 24.3 Å². The molecule has 1 heterocycles. The topological polar surface area (TPSA) is 42.0 Å².